The second kappa shape index (κ2) is 6.09. The molecule has 1 aliphatic carbocycles. The fraction of sp³-hybridized carbons (Fsp3) is 0.824. The molecule has 0 radical (unpaired) electrons. The number of nitrogens with one attached hydrogen (secondary N) is 1. The van der Waals surface area contributed by atoms with Crippen LogP contribution in [0.1, 0.15) is 58.1 Å². The zero-order chi connectivity index (χ0) is 14.9. The van der Waals surface area contributed by atoms with Gasteiger partial charge in [-0.15, -0.1) is 0 Å². The third-order valence-corrected chi connectivity index (χ3v) is 5.28. The molecule has 118 valence electrons. The van der Waals surface area contributed by atoms with Crippen LogP contribution in [0.4, 0.5) is 0 Å². The summed E-state index contributed by atoms with van der Waals surface area (Å²) >= 11 is 0. The molecule has 0 aromatic carbocycles. The number of hydrogen-bond acceptors (Lipinski definition) is 4. The molecular formula is C17H29N3O. The molecular weight excluding hydrogens is 262 g/mol. The Balaban J connectivity index is 1.73. The summed E-state index contributed by atoms with van der Waals surface area (Å²) in [4.78, 5) is 7.07. The Morgan fingerprint density at radius 2 is 2.19 bits per heavy atom. The lowest BCUT2D eigenvalue weighted by Gasteiger charge is -2.47. The van der Waals surface area contributed by atoms with Crippen molar-refractivity contribution in [3.05, 3.63) is 17.8 Å². The smallest absolute Gasteiger partial charge is 0.208 e. The Hall–Kier alpha value is -0.870. The molecule has 1 saturated carbocycles. The molecule has 1 N–H and O–H groups in total. The normalized spacial score (nSPS) is 26.0. The van der Waals surface area contributed by atoms with E-state index in [1.165, 1.54) is 25.7 Å². The van der Waals surface area contributed by atoms with Crippen LogP contribution in [0, 0.1) is 5.92 Å². The maximum atomic E-state index is 5.84. The summed E-state index contributed by atoms with van der Waals surface area (Å²) in [7, 11) is 0. The minimum atomic E-state index is 0.353. The first-order chi connectivity index (χ1) is 10.1. The van der Waals surface area contributed by atoms with E-state index >= 15 is 0 Å². The molecule has 1 aromatic heterocycles. The van der Waals surface area contributed by atoms with E-state index in [2.05, 4.69) is 36.0 Å². The predicted octanol–water partition coefficient (Wildman–Crippen LogP) is 2.98. The second-order valence-electron chi connectivity index (χ2n) is 7.16. The first-order valence-electron chi connectivity index (χ1n) is 8.54. The topological polar surface area (TPSA) is 41.3 Å². The van der Waals surface area contributed by atoms with E-state index in [1.54, 1.807) is 0 Å². The molecule has 1 aliphatic heterocycles. The monoisotopic (exact) mass is 291 g/mol. The largest absolute Gasteiger partial charge is 0.444 e. The number of oxazole rings is 1. The van der Waals surface area contributed by atoms with E-state index in [9.17, 15) is 0 Å². The quantitative estimate of drug-likeness (QED) is 0.926. The molecule has 1 aromatic rings. The highest BCUT2D eigenvalue weighted by Crippen LogP contribution is 2.34. The van der Waals surface area contributed by atoms with Crippen LogP contribution in [0.2, 0.25) is 0 Å². The van der Waals surface area contributed by atoms with Crippen LogP contribution in [0.15, 0.2) is 10.6 Å². The van der Waals surface area contributed by atoms with Gasteiger partial charge in [-0.05, 0) is 18.8 Å². The first kappa shape index (κ1) is 15.0. The van der Waals surface area contributed by atoms with Crippen molar-refractivity contribution in [2.45, 2.75) is 71.0 Å². The summed E-state index contributed by atoms with van der Waals surface area (Å²) < 4.78 is 5.84. The Morgan fingerprint density at radius 3 is 2.81 bits per heavy atom. The molecule has 0 bridgehead atoms. The summed E-state index contributed by atoms with van der Waals surface area (Å²) in [5.74, 6) is 2.53. The molecule has 21 heavy (non-hydrogen) atoms. The highest BCUT2D eigenvalue weighted by atomic mass is 16.4. The predicted molar refractivity (Wildman–Crippen MR) is 84.1 cm³/mol. The van der Waals surface area contributed by atoms with Gasteiger partial charge in [0.25, 0.3) is 0 Å². The molecule has 2 heterocycles. The van der Waals surface area contributed by atoms with Gasteiger partial charge in [-0.25, -0.2) is 4.98 Å². The van der Waals surface area contributed by atoms with Crippen molar-refractivity contribution in [2.24, 2.45) is 5.92 Å². The third kappa shape index (κ3) is 3.16. The standard InChI is InChI=1S/C17H29N3O/c1-4-14-9-18-16(21-14)11-20-12-17(7-5-6-8-17)19-10-15(20)13(2)3/h9,13,15,19H,4-8,10-12H2,1-3H3. The van der Waals surface area contributed by atoms with Crippen molar-refractivity contribution in [3.8, 4) is 0 Å². The summed E-state index contributed by atoms with van der Waals surface area (Å²) in [6.45, 7) is 9.84. The number of aromatic nitrogens is 1. The molecule has 1 saturated heterocycles. The Bertz CT molecular complexity index is 462. The van der Waals surface area contributed by atoms with Crippen molar-refractivity contribution in [2.75, 3.05) is 13.1 Å². The van der Waals surface area contributed by atoms with Gasteiger partial charge in [-0.3, -0.25) is 4.90 Å². The van der Waals surface area contributed by atoms with Crippen molar-refractivity contribution >= 4 is 0 Å². The molecule has 1 spiro atoms. The highest BCUT2D eigenvalue weighted by Gasteiger charge is 2.42. The summed E-state index contributed by atoms with van der Waals surface area (Å²) in [5, 5.41) is 3.87. The summed E-state index contributed by atoms with van der Waals surface area (Å²) in [6, 6.07) is 0.577. The van der Waals surface area contributed by atoms with Gasteiger partial charge in [-0.1, -0.05) is 33.6 Å². The molecule has 3 rings (SSSR count). The van der Waals surface area contributed by atoms with E-state index in [0.29, 0.717) is 17.5 Å². The van der Waals surface area contributed by atoms with Crippen LogP contribution in [0.25, 0.3) is 0 Å². The summed E-state index contributed by atoms with van der Waals surface area (Å²) in [6.07, 6.45) is 8.18. The average Bonchev–Trinajstić information content (AvgIpc) is 3.08. The SMILES string of the molecule is CCc1cnc(CN2CC3(CCCC3)NCC2C(C)C)o1. The number of aryl methyl sites for hydroxylation is 1. The molecule has 1 atom stereocenters. The minimum Gasteiger partial charge on any atom is -0.444 e. The number of hydrogen-bond donors (Lipinski definition) is 1. The molecule has 1 unspecified atom stereocenters. The van der Waals surface area contributed by atoms with Gasteiger partial charge >= 0.3 is 0 Å². The Kier molecular flexibility index (Phi) is 4.36. The first-order valence-corrected chi connectivity index (χ1v) is 8.54. The van der Waals surface area contributed by atoms with Gasteiger partial charge < -0.3 is 9.73 Å². The zero-order valence-electron chi connectivity index (χ0n) is 13.7. The van der Waals surface area contributed by atoms with Crippen molar-refractivity contribution < 1.29 is 4.42 Å². The fourth-order valence-corrected chi connectivity index (χ4v) is 3.99. The van der Waals surface area contributed by atoms with E-state index in [4.69, 9.17) is 4.42 Å². The number of piperazine rings is 1. The van der Waals surface area contributed by atoms with E-state index in [0.717, 1.165) is 37.7 Å². The van der Waals surface area contributed by atoms with Crippen LogP contribution in [-0.2, 0) is 13.0 Å². The molecule has 4 heteroatoms. The van der Waals surface area contributed by atoms with Crippen LogP contribution >= 0.6 is 0 Å². The van der Waals surface area contributed by atoms with Gasteiger partial charge in [0.05, 0.1) is 12.7 Å². The molecule has 2 fully saturated rings. The van der Waals surface area contributed by atoms with Gasteiger partial charge in [0.1, 0.15) is 5.76 Å². The van der Waals surface area contributed by atoms with Gasteiger partial charge in [0.2, 0.25) is 5.89 Å². The summed E-state index contributed by atoms with van der Waals surface area (Å²) in [5.41, 5.74) is 0.353. The van der Waals surface area contributed by atoms with Crippen LogP contribution in [0.5, 0.6) is 0 Å². The third-order valence-electron chi connectivity index (χ3n) is 5.28. The lowest BCUT2D eigenvalue weighted by molar-refractivity contribution is 0.0440. The van der Waals surface area contributed by atoms with E-state index < -0.39 is 0 Å². The van der Waals surface area contributed by atoms with E-state index in [1.807, 2.05) is 6.20 Å². The molecule has 2 aliphatic rings. The Morgan fingerprint density at radius 1 is 1.43 bits per heavy atom. The van der Waals surface area contributed by atoms with E-state index in [-0.39, 0.29) is 0 Å². The lowest BCUT2D eigenvalue weighted by Crippen LogP contribution is -2.64. The van der Waals surface area contributed by atoms with Crippen molar-refractivity contribution in [1.29, 1.82) is 0 Å². The molecule has 0 amide bonds. The zero-order valence-corrected chi connectivity index (χ0v) is 13.7. The second-order valence-corrected chi connectivity index (χ2v) is 7.16. The van der Waals surface area contributed by atoms with Gasteiger partial charge in [0.15, 0.2) is 0 Å². The van der Waals surface area contributed by atoms with Crippen LogP contribution in [0.3, 0.4) is 0 Å². The van der Waals surface area contributed by atoms with Crippen molar-refractivity contribution in [1.82, 2.24) is 15.2 Å². The number of rotatable bonds is 4. The maximum Gasteiger partial charge on any atom is 0.208 e. The van der Waals surface area contributed by atoms with Crippen LogP contribution < -0.4 is 5.32 Å². The van der Waals surface area contributed by atoms with Gasteiger partial charge in [-0.2, -0.15) is 0 Å². The number of nitrogens with zero attached hydrogens (tertiary/aromatic N) is 2. The fourth-order valence-electron chi connectivity index (χ4n) is 3.99. The maximum absolute atomic E-state index is 5.84. The highest BCUT2D eigenvalue weighted by molar-refractivity contribution is 5.03. The minimum absolute atomic E-state index is 0.353. The Labute approximate surface area is 128 Å². The van der Waals surface area contributed by atoms with Crippen LogP contribution in [-0.4, -0.2) is 34.6 Å². The molecule has 4 nitrogen and oxygen atoms in total. The average molecular weight is 291 g/mol. The van der Waals surface area contributed by atoms with Crippen molar-refractivity contribution in [3.63, 3.8) is 0 Å². The van der Waals surface area contributed by atoms with Gasteiger partial charge in [0, 0.05) is 31.1 Å². The lowest BCUT2D eigenvalue weighted by atomic mass is 9.89.